The van der Waals surface area contributed by atoms with Gasteiger partial charge in [-0.05, 0) is 25.0 Å². The van der Waals surface area contributed by atoms with Crippen LogP contribution in [-0.2, 0) is 6.42 Å². The van der Waals surface area contributed by atoms with E-state index in [0.717, 1.165) is 24.3 Å². The molecule has 0 saturated carbocycles. The number of hydrogen-bond acceptors (Lipinski definition) is 4. The lowest BCUT2D eigenvalue weighted by molar-refractivity contribution is 0.461. The van der Waals surface area contributed by atoms with Crippen molar-refractivity contribution in [1.29, 1.82) is 0 Å². The Morgan fingerprint density at radius 3 is 2.45 bits per heavy atom. The highest BCUT2D eigenvalue weighted by atomic mass is 16.5. The third-order valence-electron chi connectivity index (χ3n) is 3.53. The second-order valence-electron chi connectivity index (χ2n) is 5.49. The molecule has 22 heavy (non-hydrogen) atoms. The molecule has 0 aliphatic rings. The molecule has 0 atom stereocenters. The third-order valence-corrected chi connectivity index (χ3v) is 3.53. The van der Waals surface area contributed by atoms with Gasteiger partial charge in [-0.25, -0.2) is 4.98 Å². The fraction of sp³-hybridized carbons (Fsp3) is 0.444. The number of unbranched alkanes of at least 4 members (excludes halogenated alkanes) is 5. The van der Waals surface area contributed by atoms with E-state index in [4.69, 9.17) is 10.5 Å². The van der Waals surface area contributed by atoms with E-state index in [9.17, 15) is 0 Å². The number of aromatic nitrogens is 2. The van der Waals surface area contributed by atoms with Crippen molar-refractivity contribution in [2.45, 2.75) is 51.9 Å². The molecular weight excluding hydrogens is 274 g/mol. The van der Waals surface area contributed by atoms with Gasteiger partial charge >= 0.3 is 0 Å². The average Bonchev–Trinajstić information content (AvgIpc) is 2.51. The highest BCUT2D eigenvalue weighted by Crippen LogP contribution is 2.21. The van der Waals surface area contributed by atoms with Crippen molar-refractivity contribution in [2.24, 2.45) is 0 Å². The predicted molar refractivity (Wildman–Crippen MR) is 90.0 cm³/mol. The number of rotatable bonds is 9. The number of aryl methyl sites for hydroxylation is 1. The lowest BCUT2D eigenvalue weighted by atomic mass is 10.1. The van der Waals surface area contributed by atoms with Crippen LogP contribution in [-0.4, -0.2) is 9.97 Å². The van der Waals surface area contributed by atoms with Gasteiger partial charge in [0, 0.05) is 11.8 Å². The zero-order chi connectivity index (χ0) is 15.6. The first-order chi connectivity index (χ1) is 10.8. The second-order valence-corrected chi connectivity index (χ2v) is 5.49. The Labute approximate surface area is 132 Å². The Hall–Kier alpha value is -2.10. The van der Waals surface area contributed by atoms with Gasteiger partial charge in [-0.15, -0.1) is 0 Å². The molecule has 0 radical (unpaired) electrons. The van der Waals surface area contributed by atoms with Gasteiger partial charge in [-0.3, -0.25) is 0 Å². The number of anilines is 1. The number of nitrogens with zero attached hydrogens (tertiary/aromatic N) is 2. The standard InChI is InChI=1S/C18H25N3O/c1-2-3-4-5-6-8-11-15-14-17(21-18(19)20-15)22-16-12-9-7-10-13-16/h7,9-10,12-14H,2-6,8,11H2,1H3,(H2,19,20,21). The molecule has 1 aromatic carbocycles. The fourth-order valence-corrected chi connectivity index (χ4v) is 2.37. The summed E-state index contributed by atoms with van der Waals surface area (Å²) in [4.78, 5) is 8.44. The molecule has 0 amide bonds. The van der Waals surface area contributed by atoms with Crippen LogP contribution in [0.1, 0.15) is 51.1 Å². The van der Waals surface area contributed by atoms with Crippen LogP contribution >= 0.6 is 0 Å². The molecule has 2 N–H and O–H groups in total. The first kappa shape index (κ1) is 16.3. The molecule has 0 saturated heterocycles. The SMILES string of the molecule is CCCCCCCCc1cc(Oc2ccccc2)nc(N)n1. The Bertz CT molecular complexity index is 558. The lowest BCUT2D eigenvalue weighted by Crippen LogP contribution is -2.01. The van der Waals surface area contributed by atoms with E-state index >= 15 is 0 Å². The molecule has 0 aliphatic heterocycles. The normalized spacial score (nSPS) is 10.6. The predicted octanol–water partition coefficient (Wildman–Crippen LogP) is 4.75. The number of nitrogens with two attached hydrogens (primary N) is 1. The Balaban J connectivity index is 1.87. The summed E-state index contributed by atoms with van der Waals surface area (Å²) in [5.41, 5.74) is 6.73. The smallest absolute Gasteiger partial charge is 0.224 e. The Morgan fingerprint density at radius 1 is 0.955 bits per heavy atom. The highest BCUT2D eigenvalue weighted by molar-refractivity contribution is 5.31. The van der Waals surface area contributed by atoms with Gasteiger partial charge in [-0.2, -0.15) is 4.98 Å². The van der Waals surface area contributed by atoms with Gasteiger partial charge in [0.15, 0.2) is 0 Å². The minimum atomic E-state index is 0.273. The van der Waals surface area contributed by atoms with Crippen LogP contribution < -0.4 is 10.5 Å². The summed E-state index contributed by atoms with van der Waals surface area (Å²) in [7, 11) is 0. The second kappa shape index (κ2) is 9.03. The van der Waals surface area contributed by atoms with Crippen LogP contribution in [0.2, 0.25) is 0 Å². The Kier molecular flexibility index (Phi) is 6.68. The van der Waals surface area contributed by atoms with Crippen molar-refractivity contribution in [3.05, 3.63) is 42.1 Å². The molecule has 0 unspecified atom stereocenters. The fourth-order valence-electron chi connectivity index (χ4n) is 2.37. The number of ether oxygens (including phenoxy) is 1. The molecule has 2 aromatic rings. The number of nitrogen functional groups attached to an aromatic ring is 1. The monoisotopic (exact) mass is 299 g/mol. The third kappa shape index (κ3) is 5.72. The molecule has 0 spiro atoms. The molecule has 2 rings (SSSR count). The summed E-state index contributed by atoms with van der Waals surface area (Å²) >= 11 is 0. The quantitative estimate of drug-likeness (QED) is 0.678. The van der Waals surface area contributed by atoms with Crippen LogP contribution in [0.15, 0.2) is 36.4 Å². The van der Waals surface area contributed by atoms with Gasteiger partial charge in [-0.1, -0.05) is 57.2 Å². The van der Waals surface area contributed by atoms with Crippen LogP contribution in [0.4, 0.5) is 5.95 Å². The minimum Gasteiger partial charge on any atom is -0.439 e. The molecule has 4 heteroatoms. The van der Waals surface area contributed by atoms with Crippen molar-refractivity contribution < 1.29 is 4.74 Å². The Morgan fingerprint density at radius 2 is 1.68 bits per heavy atom. The van der Waals surface area contributed by atoms with Crippen LogP contribution in [0, 0.1) is 0 Å². The molecule has 0 bridgehead atoms. The van der Waals surface area contributed by atoms with Gasteiger partial charge in [0.1, 0.15) is 5.75 Å². The molecule has 1 heterocycles. The molecular formula is C18H25N3O. The van der Waals surface area contributed by atoms with Crippen molar-refractivity contribution in [1.82, 2.24) is 9.97 Å². The van der Waals surface area contributed by atoms with Gasteiger partial charge in [0.05, 0.1) is 0 Å². The van der Waals surface area contributed by atoms with E-state index in [1.54, 1.807) is 0 Å². The summed E-state index contributed by atoms with van der Waals surface area (Å²) in [6, 6.07) is 11.5. The van der Waals surface area contributed by atoms with Gasteiger partial charge < -0.3 is 10.5 Å². The summed E-state index contributed by atoms with van der Waals surface area (Å²) in [5.74, 6) is 1.54. The van der Waals surface area contributed by atoms with Crippen molar-refractivity contribution in [2.75, 3.05) is 5.73 Å². The van der Waals surface area contributed by atoms with Crippen molar-refractivity contribution in [3.63, 3.8) is 0 Å². The van der Waals surface area contributed by atoms with Crippen molar-refractivity contribution in [3.8, 4) is 11.6 Å². The van der Waals surface area contributed by atoms with Crippen LogP contribution in [0.25, 0.3) is 0 Å². The van der Waals surface area contributed by atoms with E-state index in [1.165, 1.54) is 32.1 Å². The average molecular weight is 299 g/mol. The topological polar surface area (TPSA) is 61.0 Å². The summed E-state index contributed by atoms with van der Waals surface area (Å²) in [6.07, 6.45) is 8.51. The van der Waals surface area contributed by atoms with Gasteiger partial charge in [0.2, 0.25) is 11.8 Å². The molecule has 0 fully saturated rings. The first-order valence-corrected chi connectivity index (χ1v) is 8.14. The largest absolute Gasteiger partial charge is 0.439 e. The molecule has 4 nitrogen and oxygen atoms in total. The van der Waals surface area contributed by atoms with Crippen LogP contribution in [0.3, 0.4) is 0 Å². The maximum absolute atomic E-state index is 5.78. The zero-order valence-electron chi connectivity index (χ0n) is 13.3. The number of para-hydroxylation sites is 1. The summed E-state index contributed by atoms with van der Waals surface area (Å²) in [5, 5.41) is 0. The number of benzene rings is 1. The number of hydrogen-bond donors (Lipinski definition) is 1. The van der Waals surface area contributed by atoms with E-state index in [2.05, 4.69) is 16.9 Å². The summed E-state index contributed by atoms with van der Waals surface area (Å²) in [6.45, 7) is 2.23. The van der Waals surface area contributed by atoms with Crippen molar-refractivity contribution >= 4 is 5.95 Å². The van der Waals surface area contributed by atoms with Gasteiger partial charge in [0.25, 0.3) is 0 Å². The maximum Gasteiger partial charge on any atom is 0.224 e. The van der Waals surface area contributed by atoms with E-state index in [1.807, 2.05) is 36.4 Å². The lowest BCUT2D eigenvalue weighted by Gasteiger charge is -2.07. The molecule has 1 aromatic heterocycles. The van der Waals surface area contributed by atoms with E-state index in [0.29, 0.717) is 5.88 Å². The molecule has 0 aliphatic carbocycles. The minimum absolute atomic E-state index is 0.273. The van der Waals surface area contributed by atoms with E-state index < -0.39 is 0 Å². The highest BCUT2D eigenvalue weighted by Gasteiger charge is 2.05. The summed E-state index contributed by atoms with van der Waals surface area (Å²) < 4.78 is 5.73. The first-order valence-electron chi connectivity index (χ1n) is 8.14. The zero-order valence-corrected chi connectivity index (χ0v) is 13.3. The maximum atomic E-state index is 5.78. The van der Waals surface area contributed by atoms with Crippen LogP contribution in [0.5, 0.6) is 11.6 Å². The molecule has 118 valence electrons. The van der Waals surface area contributed by atoms with E-state index in [-0.39, 0.29) is 5.95 Å².